The number of aryl methyl sites for hydroxylation is 1. The molecule has 0 unspecified atom stereocenters. The highest BCUT2D eigenvalue weighted by Gasteiger charge is 2.33. The SMILES string of the molecule is COC(=O)C1=C(C(=O)OC)N(c2ccc(C(=O)NCc3ccco3)cc2C)COC1. The summed E-state index contributed by atoms with van der Waals surface area (Å²) in [6.07, 6.45) is 1.54. The van der Waals surface area contributed by atoms with Crippen molar-refractivity contribution in [1.29, 1.82) is 0 Å². The van der Waals surface area contributed by atoms with E-state index in [1.54, 1.807) is 37.3 Å². The third-order valence-corrected chi connectivity index (χ3v) is 4.59. The van der Waals surface area contributed by atoms with E-state index >= 15 is 0 Å². The van der Waals surface area contributed by atoms with Gasteiger partial charge >= 0.3 is 11.9 Å². The highest BCUT2D eigenvalue weighted by molar-refractivity contribution is 6.03. The number of rotatable bonds is 6. The number of methoxy groups -OCH3 is 2. The topological polar surface area (TPSA) is 107 Å². The summed E-state index contributed by atoms with van der Waals surface area (Å²) in [5, 5.41) is 2.78. The quantitative estimate of drug-likeness (QED) is 0.715. The van der Waals surface area contributed by atoms with Crippen molar-refractivity contribution < 1.29 is 33.0 Å². The third kappa shape index (κ3) is 4.36. The van der Waals surface area contributed by atoms with Crippen LogP contribution in [-0.4, -0.2) is 45.4 Å². The zero-order chi connectivity index (χ0) is 21.7. The van der Waals surface area contributed by atoms with Crippen molar-refractivity contribution >= 4 is 23.5 Å². The van der Waals surface area contributed by atoms with Crippen molar-refractivity contribution in [2.45, 2.75) is 13.5 Å². The second-order valence-electron chi connectivity index (χ2n) is 6.48. The summed E-state index contributed by atoms with van der Waals surface area (Å²) in [5.74, 6) is -0.981. The maximum absolute atomic E-state index is 12.4. The van der Waals surface area contributed by atoms with Gasteiger partial charge in [-0.15, -0.1) is 0 Å². The van der Waals surface area contributed by atoms with Crippen molar-refractivity contribution in [2.75, 3.05) is 32.5 Å². The summed E-state index contributed by atoms with van der Waals surface area (Å²) >= 11 is 0. The Balaban J connectivity index is 1.88. The normalized spacial score (nSPS) is 13.8. The first kappa shape index (κ1) is 21.1. The van der Waals surface area contributed by atoms with Gasteiger partial charge in [-0.2, -0.15) is 0 Å². The molecule has 9 nitrogen and oxygen atoms in total. The summed E-state index contributed by atoms with van der Waals surface area (Å²) < 4.78 is 20.3. The molecule has 0 saturated carbocycles. The number of furan rings is 1. The largest absolute Gasteiger partial charge is 0.467 e. The van der Waals surface area contributed by atoms with Crippen LogP contribution >= 0.6 is 0 Å². The van der Waals surface area contributed by atoms with E-state index in [1.165, 1.54) is 25.4 Å². The predicted molar refractivity (Wildman–Crippen MR) is 105 cm³/mol. The lowest BCUT2D eigenvalue weighted by Gasteiger charge is -2.32. The zero-order valence-corrected chi connectivity index (χ0v) is 16.9. The van der Waals surface area contributed by atoms with Crippen LogP contribution in [0.1, 0.15) is 21.7 Å². The number of benzene rings is 1. The van der Waals surface area contributed by atoms with Crippen molar-refractivity contribution in [1.82, 2.24) is 5.32 Å². The molecule has 0 fully saturated rings. The highest BCUT2D eigenvalue weighted by atomic mass is 16.5. The maximum atomic E-state index is 12.4. The van der Waals surface area contributed by atoms with Crippen molar-refractivity contribution in [2.24, 2.45) is 0 Å². The molecule has 30 heavy (non-hydrogen) atoms. The third-order valence-electron chi connectivity index (χ3n) is 4.59. The van der Waals surface area contributed by atoms with Gasteiger partial charge in [0.05, 0.1) is 39.2 Å². The molecule has 1 aromatic heterocycles. The van der Waals surface area contributed by atoms with E-state index in [9.17, 15) is 14.4 Å². The van der Waals surface area contributed by atoms with Gasteiger partial charge in [-0.25, -0.2) is 9.59 Å². The number of nitrogens with zero attached hydrogens (tertiary/aromatic N) is 1. The number of hydrogen-bond acceptors (Lipinski definition) is 8. The van der Waals surface area contributed by atoms with E-state index in [1.807, 2.05) is 0 Å². The van der Waals surface area contributed by atoms with E-state index in [0.29, 0.717) is 22.6 Å². The highest BCUT2D eigenvalue weighted by Crippen LogP contribution is 2.30. The van der Waals surface area contributed by atoms with Crippen LogP contribution in [0.3, 0.4) is 0 Å². The van der Waals surface area contributed by atoms with E-state index in [4.69, 9.17) is 18.6 Å². The summed E-state index contributed by atoms with van der Waals surface area (Å²) in [6, 6.07) is 8.51. The fourth-order valence-corrected chi connectivity index (χ4v) is 3.12. The molecule has 1 aliphatic heterocycles. The van der Waals surface area contributed by atoms with E-state index < -0.39 is 11.9 Å². The minimum atomic E-state index is -0.682. The lowest BCUT2D eigenvalue weighted by atomic mass is 10.1. The second-order valence-corrected chi connectivity index (χ2v) is 6.48. The van der Waals surface area contributed by atoms with E-state index in [0.717, 1.165) is 0 Å². The van der Waals surface area contributed by atoms with Crippen LogP contribution in [0.2, 0.25) is 0 Å². The van der Waals surface area contributed by atoms with Gasteiger partial charge < -0.3 is 28.8 Å². The van der Waals surface area contributed by atoms with Crippen LogP contribution < -0.4 is 10.2 Å². The Bertz CT molecular complexity index is 979. The number of esters is 2. The number of nitrogens with one attached hydrogen (secondary N) is 1. The molecule has 1 aromatic carbocycles. The molecule has 1 amide bonds. The Morgan fingerprint density at radius 2 is 1.90 bits per heavy atom. The molecule has 0 saturated heterocycles. The van der Waals surface area contributed by atoms with Gasteiger partial charge in [0, 0.05) is 11.3 Å². The van der Waals surface area contributed by atoms with Gasteiger partial charge in [-0.1, -0.05) is 0 Å². The number of ether oxygens (including phenoxy) is 3. The molecule has 0 spiro atoms. The monoisotopic (exact) mass is 414 g/mol. The van der Waals surface area contributed by atoms with Gasteiger partial charge in [0.25, 0.3) is 5.91 Å². The summed E-state index contributed by atoms with van der Waals surface area (Å²) in [5.41, 5.74) is 1.86. The second kappa shape index (κ2) is 9.27. The predicted octanol–water partition coefficient (Wildman–Crippen LogP) is 1.91. The molecule has 0 atom stereocenters. The Kier molecular flexibility index (Phi) is 6.53. The van der Waals surface area contributed by atoms with Crippen LogP contribution in [0.5, 0.6) is 0 Å². The van der Waals surface area contributed by atoms with Gasteiger partial charge in [0.1, 0.15) is 18.2 Å². The molecule has 0 aliphatic carbocycles. The molecule has 2 heterocycles. The van der Waals surface area contributed by atoms with Crippen LogP contribution in [0.15, 0.2) is 52.3 Å². The first-order valence-corrected chi connectivity index (χ1v) is 9.12. The fraction of sp³-hybridized carbons (Fsp3) is 0.286. The van der Waals surface area contributed by atoms with E-state index in [2.05, 4.69) is 5.32 Å². The Labute approximate surface area is 173 Å². The smallest absolute Gasteiger partial charge is 0.355 e. The zero-order valence-electron chi connectivity index (χ0n) is 16.9. The molecule has 158 valence electrons. The molecular formula is C21H22N2O7. The molecule has 2 aromatic rings. The minimum Gasteiger partial charge on any atom is -0.467 e. The minimum absolute atomic E-state index is 0.0375. The first-order valence-electron chi connectivity index (χ1n) is 9.12. The van der Waals surface area contributed by atoms with Crippen LogP contribution in [0, 0.1) is 6.92 Å². The van der Waals surface area contributed by atoms with Crippen molar-refractivity contribution in [3.63, 3.8) is 0 Å². The van der Waals surface area contributed by atoms with Crippen LogP contribution in [-0.2, 0) is 30.3 Å². The summed E-state index contributed by atoms with van der Waals surface area (Å²) in [6.45, 7) is 2.03. The van der Waals surface area contributed by atoms with Crippen LogP contribution in [0.4, 0.5) is 5.69 Å². The summed E-state index contributed by atoms with van der Waals surface area (Å²) in [4.78, 5) is 38.5. The van der Waals surface area contributed by atoms with Crippen molar-refractivity contribution in [3.05, 3.63) is 64.8 Å². The average molecular weight is 414 g/mol. The lowest BCUT2D eigenvalue weighted by Crippen LogP contribution is -2.39. The first-order chi connectivity index (χ1) is 14.5. The lowest BCUT2D eigenvalue weighted by molar-refractivity contribution is -0.140. The number of anilines is 1. The molecule has 0 radical (unpaired) electrons. The average Bonchev–Trinajstić information content (AvgIpc) is 3.29. The van der Waals surface area contributed by atoms with Gasteiger partial charge in [0.2, 0.25) is 0 Å². The van der Waals surface area contributed by atoms with Crippen molar-refractivity contribution in [3.8, 4) is 0 Å². The number of hydrogen-bond donors (Lipinski definition) is 1. The van der Waals surface area contributed by atoms with Gasteiger partial charge in [-0.05, 0) is 42.8 Å². The van der Waals surface area contributed by atoms with Gasteiger partial charge in [-0.3, -0.25) is 4.79 Å². The molecule has 0 bridgehead atoms. The molecule has 1 aliphatic rings. The fourth-order valence-electron chi connectivity index (χ4n) is 3.12. The van der Waals surface area contributed by atoms with Crippen LogP contribution in [0.25, 0.3) is 0 Å². The number of carbonyl (C=O) groups excluding carboxylic acids is 3. The molecule has 1 N–H and O–H groups in total. The van der Waals surface area contributed by atoms with Gasteiger partial charge in [0.15, 0.2) is 0 Å². The molecule has 9 heteroatoms. The summed E-state index contributed by atoms with van der Waals surface area (Å²) in [7, 11) is 2.46. The maximum Gasteiger partial charge on any atom is 0.355 e. The number of carbonyl (C=O) groups is 3. The number of amides is 1. The molecular weight excluding hydrogens is 392 g/mol. The Morgan fingerprint density at radius 1 is 1.13 bits per heavy atom. The standard InChI is InChI=1S/C21H22N2O7/c1-13-9-14(19(24)22-10-15-5-4-8-30-15)6-7-17(13)23-12-29-11-16(20(25)27-2)18(23)21(26)28-3/h4-9H,10-12H2,1-3H3,(H,22,24). The van der Waals surface area contributed by atoms with E-state index in [-0.39, 0.29) is 37.1 Å². The molecule has 3 rings (SSSR count). The Hall–Kier alpha value is -3.59. The Morgan fingerprint density at radius 3 is 2.53 bits per heavy atom.